The average molecular weight is 184 g/mol. The molecule has 2 rings (SSSR count). The minimum atomic E-state index is 0.167. The lowest BCUT2D eigenvalue weighted by Gasteiger charge is -1.95. The van der Waals surface area contributed by atoms with Gasteiger partial charge < -0.3 is 0 Å². The van der Waals surface area contributed by atoms with Gasteiger partial charge in [-0.25, -0.2) is 0 Å². The largest absolute Gasteiger partial charge is 0.258 e. The molecule has 4 heteroatoms. The van der Waals surface area contributed by atoms with Crippen LogP contribution in [0.2, 0.25) is 0 Å². The van der Waals surface area contributed by atoms with E-state index >= 15 is 0 Å². The Balaban J connectivity index is 2.40. The summed E-state index contributed by atoms with van der Waals surface area (Å²) in [6.07, 6.45) is 0. The molecule has 0 fully saturated rings. The van der Waals surface area contributed by atoms with Gasteiger partial charge >= 0.3 is 0 Å². The van der Waals surface area contributed by atoms with E-state index in [2.05, 4.69) is 15.2 Å². The molecule has 1 N–H and O–H groups in total. The number of nitriles is 1. The van der Waals surface area contributed by atoms with Crippen LogP contribution in [-0.2, 0) is 0 Å². The number of aryl methyl sites for hydroxylation is 1. The van der Waals surface area contributed by atoms with Crippen molar-refractivity contribution in [1.82, 2.24) is 15.2 Å². The Labute approximate surface area is 81.2 Å². The zero-order chi connectivity index (χ0) is 9.97. The lowest BCUT2D eigenvalue weighted by molar-refractivity contribution is 1.07. The van der Waals surface area contributed by atoms with Gasteiger partial charge in [-0.15, -0.1) is 5.10 Å². The van der Waals surface area contributed by atoms with Crippen molar-refractivity contribution in [3.63, 3.8) is 0 Å². The Hall–Kier alpha value is -2.15. The molecule has 2 aromatic rings. The predicted molar refractivity (Wildman–Crippen MR) is 51.3 cm³/mol. The van der Waals surface area contributed by atoms with Crippen LogP contribution < -0.4 is 0 Å². The molecular formula is C10H8N4. The first-order valence-corrected chi connectivity index (χ1v) is 4.19. The normalized spacial score (nSPS) is 9.71. The number of benzene rings is 1. The topological polar surface area (TPSA) is 65.4 Å². The lowest BCUT2D eigenvalue weighted by atomic mass is 10.1. The summed E-state index contributed by atoms with van der Waals surface area (Å²) in [6, 6.07) is 9.74. The molecule has 0 unspecified atom stereocenters. The smallest absolute Gasteiger partial charge is 0.252 e. The summed E-state index contributed by atoms with van der Waals surface area (Å²) in [6.45, 7) is 2.02. The Morgan fingerprint density at radius 3 is 2.57 bits per heavy atom. The molecule has 1 aromatic heterocycles. The van der Waals surface area contributed by atoms with Crippen LogP contribution in [0.3, 0.4) is 0 Å². The van der Waals surface area contributed by atoms with Crippen molar-refractivity contribution < 1.29 is 0 Å². The highest BCUT2D eigenvalue weighted by Crippen LogP contribution is 2.14. The van der Waals surface area contributed by atoms with Crippen LogP contribution in [0.1, 0.15) is 11.4 Å². The average Bonchev–Trinajstić information content (AvgIpc) is 2.67. The van der Waals surface area contributed by atoms with E-state index in [0.29, 0.717) is 5.82 Å². The molecule has 4 nitrogen and oxygen atoms in total. The molecule has 68 valence electrons. The third-order valence-electron chi connectivity index (χ3n) is 1.91. The van der Waals surface area contributed by atoms with Gasteiger partial charge in [0.2, 0.25) is 0 Å². The summed E-state index contributed by atoms with van der Waals surface area (Å²) < 4.78 is 0. The third kappa shape index (κ3) is 1.48. The van der Waals surface area contributed by atoms with Crippen molar-refractivity contribution >= 4 is 0 Å². The van der Waals surface area contributed by atoms with Gasteiger partial charge in [-0.1, -0.05) is 29.8 Å². The second kappa shape index (κ2) is 3.30. The zero-order valence-corrected chi connectivity index (χ0v) is 7.65. The molecule has 0 aliphatic heterocycles. The summed E-state index contributed by atoms with van der Waals surface area (Å²) in [4.78, 5) is 4.00. The number of H-pyrrole nitrogens is 1. The van der Waals surface area contributed by atoms with E-state index in [-0.39, 0.29) is 5.82 Å². The highest BCUT2D eigenvalue weighted by molar-refractivity contribution is 5.55. The van der Waals surface area contributed by atoms with Crippen LogP contribution in [-0.4, -0.2) is 15.2 Å². The van der Waals surface area contributed by atoms with Crippen molar-refractivity contribution in [3.8, 4) is 17.5 Å². The molecule has 0 aliphatic carbocycles. The lowest BCUT2D eigenvalue weighted by Crippen LogP contribution is -1.80. The van der Waals surface area contributed by atoms with Gasteiger partial charge in [0.1, 0.15) is 6.07 Å². The van der Waals surface area contributed by atoms with Crippen LogP contribution in [0, 0.1) is 18.3 Å². The number of hydrogen-bond donors (Lipinski definition) is 1. The summed E-state index contributed by atoms with van der Waals surface area (Å²) in [5.41, 5.74) is 2.12. The van der Waals surface area contributed by atoms with E-state index in [1.807, 2.05) is 37.3 Å². The van der Waals surface area contributed by atoms with Crippen LogP contribution in [0.4, 0.5) is 0 Å². The fourth-order valence-electron chi connectivity index (χ4n) is 1.15. The van der Waals surface area contributed by atoms with Crippen LogP contribution in [0.15, 0.2) is 24.3 Å². The van der Waals surface area contributed by atoms with Crippen molar-refractivity contribution in [2.75, 3.05) is 0 Å². The molecule has 0 bridgehead atoms. The van der Waals surface area contributed by atoms with Crippen molar-refractivity contribution in [2.24, 2.45) is 0 Å². The number of rotatable bonds is 1. The van der Waals surface area contributed by atoms with Crippen LogP contribution in [0.25, 0.3) is 11.4 Å². The molecule has 0 atom stereocenters. The van der Waals surface area contributed by atoms with E-state index in [4.69, 9.17) is 5.26 Å². The number of aromatic amines is 1. The molecule has 0 radical (unpaired) electrons. The number of hydrogen-bond acceptors (Lipinski definition) is 3. The maximum absolute atomic E-state index is 8.55. The minimum absolute atomic E-state index is 0.167. The second-order valence-electron chi connectivity index (χ2n) is 2.99. The zero-order valence-electron chi connectivity index (χ0n) is 7.65. The Kier molecular flexibility index (Phi) is 1.99. The summed E-state index contributed by atoms with van der Waals surface area (Å²) >= 11 is 0. The maximum Gasteiger partial charge on any atom is 0.252 e. The Morgan fingerprint density at radius 2 is 2.00 bits per heavy atom. The van der Waals surface area contributed by atoms with Gasteiger partial charge in [-0.3, -0.25) is 5.10 Å². The highest BCUT2D eigenvalue weighted by Gasteiger charge is 2.03. The quantitative estimate of drug-likeness (QED) is 0.732. The highest BCUT2D eigenvalue weighted by atomic mass is 15.2. The molecule has 0 aliphatic rings. The minimum Gasteiger partial charge on any atom is -0.258 e. The van der Waals surface area contributed by atoms with Crippen LogP contribution in [0.5, 0.6) is 0 Å². The van der Waals surface area contributed by atoms with Gasteiger partial charge in [0.25, 0.3) is 5.82 Å². The van der Waals surface area contributed by atoms with Gasteiger partial charge in [0.05, 0.1) is 0 Å². The first-order chi connectivity index (χ1) is 6.79. The number of aromatic nitrogens is 3. The molecule has 14 heavy (non-hydrogen) atoms. The van der Waals surface area contributed by atoms with E-state index in [1.54, 1.807) is 0 Å². The molecule has 1 aromatic carbocycles. The van der Waals surface area contributed by atoms with E-state index in [1.165, 1.54) is 5.56 Å². The number of nitrogens with zero attached hydrogens (tertiary/aromatic N) is 3. The molecule has 0 spiro atoms. The summed E-state index contributed by atoms with van der Waals surface area (Å²) in [7, 11) is 0. The van der Waals surface area contributed by atoms with Gasteiger partial charge in [-0.2, -0.15) is 10.2 Å². The third-order valence-corrected chi connectivity index (χ3v) is 1.91. The predicted octanol–water partition coefficient (Wildman–Crippen LogP) is 1.65. The first kappa shape index (κ1) is 8.45. The van der Waals surface area contributed by atoms with Gasteiger partial charge in [0, 0.05) is 5.56 Å². The monoisotopic (exact) mass is 184 g/mol. The molecule has 0 amide bonds. The van der Waals surface area contributed by atoms with Crippen LogP contribution >= 0.6 is 0 Å². The fraction of sp³-hybridized carbons (Fsp3) is 0.100. The summed E-state index contributed by atoms with van der Waals surface area (Å²) in [5, 5.41) is 15.0. The molecular weight excluding hydrogens is 176 g/mol. The van der Waals surface area contributed by atoms with E-state index in [9.17, 15) is 0 Å². The Morgan fingerprint density at radius 1 is 1.29 bits per heavy atom. The fourth-order valence-corrected chi connectivity index (χ4v) is 1.15. The molecule has 0 saturated heterocycles. The maximum atomic E-state index is 8.55. The van der Waals surface area contributed by atoms with E-state index in [0.717, 1.165) is 5.56 Å². The van der Waals surface area contributed by atoms with Crippen molar-refractivity contribution in [3.05, 3.63) is 35.7 Å². The second-order valence-corrected chi connectivity index (χ2v) is 2.99. The number of nitrogens with one attached hydrogen (secondary N) is 1. The standard InChI is InChI=1S/C10H8N4/c1-7-2-4-8(5-3-7)10-12-9(6-11)13-14-10/h2-5H,1H3,(H,12,13,14). The Bertz CT molecular complexity index is 476. The van der Waals surface area contributed by atoms with Crippen molar-refractivity contribution in [2.45, 2.75) is 6.92 Å². The van der Waals surface area contributed by atoms with Crippen molar-refractivity contribution in [1.29, 1.82) is 5.26 Å². The van der Waals surface area contributed by atoms with Gasteiger partial charge in [0.15, 0.2) is 5.82 Å². The SMILES string of the molecule is Cc1ccc(-c2nc(C#N)n[nH]2)cc1. The first-order valence-electron chi connectivity index (χ1n) is 4.19. The van der Waals surface area contributed by atoms with Gasteiger partial charge in [-0.05, 0) is 6.92 Å². The van der Waals surface area contributed by atoms with E-state index < -0.39 is 0 Å². The summed E-state index contributed by atoms with van der Waals surface area (Å²) in [5.74, 6) is 0.794. The molecule has 0 saturated carbocycles. The molecule has 1 heterocycles.